The molecule has 0 aliphatic heterocycles. The summed E-state index contributed by atoms with van der Waals surface area (Å²) in [5.41, 5.74) is 7.49. The van der Waals surface area contributed by atoms with Crippen LogP contribution in [0.2, 0.25) is 0 Å². The molecule has 0 unspecified atom stereocenters. The normalized spacial score (nSPS) is 8.55. The van der Waals surface area contributed by atoms with E-state index in [1.54, 1.807) is 0 Å². The molecule has 0 fully saturated rings. The maximum atomic E-state index is 5.51. The van der Waals surface area contributed by atoms with Gasteiger partial charge in [0.25, 0.3) is 0 Å². The topological polar surface area (TPSA) is 64.3 Å². The highest BCUT2D eigenvalue weighted by molar-refractivity contribution is 5.51. The first-order valence-electron chi connectivity index (χ1n) is 3.23. The average Bonchev–Trinajstić information content (AvgIpc) is 1.88. The summed E-state index contributed by atoms with van der Waals surface area (Å²) in [5.74, 6) is 0. The van der Waals surface area contributed by atoms with Gasteiger partial charge in [0, 0.05) is 25.5 Å². The molecule has 0 saturated heterocycles. The number of benzene rings is 1. The number of hydrogen-bond acceptors (Lipinski definition) is 3. The molecule has 62 valence electrons. The van der Waals surface area contributed by atoms with Crippen molar-refractivity contribution in [1.82, 2.24) is 6.15 Å². The summed E-state index contributed by atoms with van der Waals surface area (Å²) in [7, 11) is 4.01. The largest absolute Gasteiger partial charge is 0.399 e. The molecule has 0 amide bonds. The molecule has 3 heteroatoms. The van der Waals surface area contributed by atoms with Crippen molar-refractivity contribution in [3.63, 3.8) is 0 Å². The van der Waals surface area contributed by atoms with Gasteiger partial charge < -0.3 is 16.8 Å². The molecule has 0 bridgehead atoms. The van der Waals surface area contributed by atoms with E-state index in [2.05, 4.69) is 0 Å². The SMILES string of the molecule is CN(C)c1ccc(N)cc1.N. The van der Waals surface area contributed by atoms with Gasteiger partial charge in [-0.15, -0.1) is 0 Å². The number of rotatable bonds is 1. The maximum Gasteiger partial charge on any atom is 0.0362 e. The molecule has 1 aromatic carbocycles. The molecule has 0 atom stereocenters. The van der Waals surface area contributed by atoms with Crippen molar-refractivity contribution < 1.29 is 0 Å². The van der Waals surface area contributed by atoms with Gasteiger partial charge in [-0.1, -0.05) is 0 Å². The van der Waals surface area contributed by atoms with Crippen molar-refractivity contribution in [3.8, 4) is 0 Å². The minimum Gasteiger partial charge on any atom is -0.399 e. The minimum absolute atomic E-state index is 0. The van der Waals surface area contributed by atoms with E-state index in [9.17, 15) is 0 Å². The van der Waals surface area contributed by atoms with Gasteiger partial charge in [-0.2, -0.15) is 0 Å². The lowest BCUT2D eigenvalue weighted by Gasteiger charge is -2.11. The van der Waals surface area contributed by atoms with Crippen LogP contribution in [0.25, 0.3) is 0 Å². The molecular formula is C8H15N3. The third-order valence-electron chi connectivity index (χ3n) is 1.41. The zero-order chi connectivity index (χ0) is 7.56. The molecule has 0 spiro atoms. The van der Waals surface area contributed by atoms with Gasteiger partial charge in [0.05, 0.1) is 0 Å². The van der Waals surface area contributed by atoms with Crippen molar-refractivity contribution >= 4 is 11.4 Å². The third-order valence-corrected chi connectivity index (χ3v) is 1.41. The molecule has 0 aliphatic carbocycles. The fourth-order valence-corrected chi connectivity index (χ4v) is 0.772. The lowest BCUT2D eigenvalue weighted by atomic mass is 10.3. The second kappa shape index (κ2) is 3.83. The first-order chi connectivity index (χ1) is 4.70. The molecule has 0 radical (unpaired) electrons. The van der Waals surface area contributed by atoms with Gasteiger partial charge in [0.2, 0.25) is 0 Å². The Morgan fingerprint density at radius 2 is 1.55 bits per heavy atom. The zero-order valence-corrected chi connectivity index (χ0v) is 7.04. The molecule has 0 heterocycles. The molecule has 0 aliphatic rings. The van der Waals surface area contributed by atoms with Crippen LogP contribution < -0.4 is 16.8 Å². The van der Waals surface area contributed by atoms with E-state index >= 15 is 0 Å². The van der Waals surface area contributed by atoms with Gasteiger partial charge >= 0.3 is 0 Å². The number of nitrogen functional groups attached to an aromatic ring is 1. The van der Waals surface area contributed by atoms with Gasteiger partial charge in [0.1, 0.15) is 0 Å². The Balaban J connectivity index is 0.000001000. The summed E-state index contributed by atoms with van der Waals surface area (Å²) < 4.78 is 0. The number of hydrogen-bond donors (Lipinski definition) is 2. The first kappa shape index (κ1) is 9.78. The Hall–Kier alpha value is -1.22. The van der Waals surface area contributed by atoms with E-state index in [4.69, 9.17) is 5.73 Å². The zero-order valence-electron chi connectivity index (χ0n) is 7.04. The summed E-state index contributed by atoms with van der Waals surface area (Å²) in [6.45, 7) is 0. The highest BCUT2D eigenvalue weighted by Gasteiger charge is 1.91. The highest BCUT2D eigenvalue weighted by Crippen LogP contribution is 2.12. The number of nitrogens with zero attached hydrogens (tertiary/aromatic N) is 1. The first-order valence-corrected chi connectivity index (χ1v) is 3.23. The quantitative estimate of drug-likeness (QED) is 0.601. The van der Waals surface area contributed by atoms with Crippen molar-refractivity contribution in [1.29, 1.82) is 0 Å². The summed E-state index contributed by atoms with van der Waals surface area (Å²) in [6, 6.07) is 7.79. The number of anilines is 2. The van der Waals surface area contributed by atoms with Gasteiger partial charge in [-0.05, 0) is 24.3 Å². The molecule has 0 saturated carbocycles. The van der Waals surface area contributed by atoms with E-state index in [1.165, 1.54) is 5.69 Å². The van der Waals surface area contributed by atoms with Crippen LogP contribution in [0.5, 0.6) is 0 Å². The average molecular weight is 153 g/mol. The molecule has 5 N–H and O–H groups in total. The van der Waals surface area contributed by atoms with Crippen LogP contribution in [-0.2, 0) is 0 Å². The smallest absolute Gasteiger partial charge is 0.0362 e. The Labute approximate surface area is 67.4 Å². The number of nitrogens with two attached hydrogens (primary N) is 1. The Bertz CT molecular complexity index is 203. The van der Waals surface area contributed by atoms with E-state index < -0.39 is 0 Å². The summed E-state index contributed by atoms with van der Waals surface area (Å²) in [5, 5.41) is 0. The Kier molecular flexibility index (Phi) is 3.40. The van der Waals surface area contributed by atoms with Crippen LogP contribution in [-0.4, -0.2) is 14.1 Å². The highest BCUT2D eigenvalue weighted by atomic mass is 15.1. The molecule has 0 aromatic heterocycles. The van der Waals surface area contributed by atoms with Crippen LogP contribution in [0.15, 0.2) is 24.3 Å². The van der Waals surface area contributed by atoms with Crippen molar-refractivity contribution in [3.05, 3.63) is 24.3 Å². The standard InChI is InChI=1S/C8H12N2.H3N/c1-10(2)8-5-3-7(9)4-6-8;/h3-6H,9H2,1-2H3;1H3. The minimum atomic E-state index is 0. The van der Waals surface area contributed by atoms with Crippen LogP contribution >= 0.6 is 0 Å². The van der Waals surface area contributed by atoms with Crippen LogP contribution in [0.4, 0.5) is 11.4 Å². The maximum absolute atomic E-state index is 5.51. The second-order valence-electron chi connectivity index (χ2n) is 2.49. The fourth-order valence-electron chi connectivity index (χ4n) is 0.772. The van der Waals surface area contributed by atoms with E-state index in [0.717, 1.165) is 5.69 Å². The van der Waals surface area contributed by atoms with E-state index in [1.807, 2.05) is 43.3 Å². The predicted molar refractivity (Wildman–Crippen MR) is 50.2 cm³/mol. The second-order valence-corrected chi connectivity index (χ2v) is 2.49. The summed E-state index contributed by atoms with van der Waals surface area (Å²) >= 11 is 0. The van der Waals surface area contributed by atoms with E-state index in [0.29, 0.717) is 0 Å². The van der Waals surface area contributed by atoms with Gasteiger partial charge in [-0.25, -0.2) is 0 Å². The Morgan fingerprint density at radius 1 is 1.09 bits per heavy atom. The van der Waals surface area contributed by atoms with Gasteiger partial charge in [0.15, 0.2) is 0 Å². The van der Waals surface area contributed by atoms with Crippen molar-refractivity contribution in [2.24, 2.45) is 0 Å². The summed E-state index contributed by atoms with van der Waals surface area (Å²) in [4.78, 5) is 2.04. The van der Waals surface area contributed by atoms with Gasteiger partial charge in [-0.3, -0.25) is 0 Å². The molecule has 1 rings (SSSR count). The predicted octanol–water partition coefficient (Wildman–Crippen LogP) is 1.50. The lowest BCUT2D eigenvalue weighted by Crippen LogP contribution is -2.08. The van der Waals surface area contributed by atoms with Crippen LogP contribution in [0, 0.1) is 0 Å². The lowest BCUT2D eigenvalue weighted by molar-refractivity contribution is 1.13. The summed E-state index contributed by atoms with van der Waals surface area (Å²) in [6.07, 6.45) is 0. The molecule has 11 heavy (non-hydrogen) atoms. The molecule has 1 aromatic rings. The molecule has 3 nitrogen and oxygen atoms in total. The van der Waals surface area contributed by atoms with Crippen LogP contribution in [0.3, 0.4) is 0 Å². The third kappa shape index (κ3) is 2.47. The van der Waals surface area contributed by atoms with Crippen LogP contribution in [0.1, 0.15) is 0 Å². The Morgan fingerprint density at radius 3 is 1.91 bits per heavy atom. The van der Waals surface area contributed by atoms with E-state index in [-0.39, 0.29) is 6.15 Å². The van der Waals surface area contributed by atoms with Crippen molar-refractivity contribution in [2.45, 2.75) is 0 Å². The van der Waals surface area contributed by atoms with Crippen molar-refractivity contribution in [2.75, 3.05) is 24.7 Å². The molecular weight excluding hydrogens is 138 g/mol. The monoisotopic (exact) mass is 153 g/mol. The fraction of sp³-hybridized carbons (Fsp3) is 0.250.